The molecule has 8 nitrogen and oxygen atoms in total. The Morgan fingerprint density at radius 1 is 1.33 bits per heavy atom. The van der Waals surface area contributed by atoms with Gasteiger partial charge in [0, 0.05) is 6.20 Å². The number of nitrogens with one attached hydrogen (secondary N) is 3. The van der Waals surface area contributed by atoms with E-state index in [0.717, 1.165) is 5.69 Å². The Morgan fingerprint density at radius 3 is 2.86 bits per heavy atom. The second kappa shape index (κ2) is 6.94. The molecular weight excluding hydrogens is 276 g/mol. The van der Waals surface area contributed by atoms with E-state index in [1.807, 2.05) is 0 Å². The molecule has 0 aliphatic carbocycles. The Balaban J connectivity index is 1.92. The minimum Gasteiger partial charge on any atom is -0.480 e. The molecule has 0 aliphatic heterocycles. The van der Waals surface area contributed by atoms with E-state index in [1.54, 1.807) is 30.5 Å². The molecule has 21 heavy (non-hydrogen) atoms. The zero-order valence-electron chi connectivity index (χ0n) is 11.0. The first-order chi connectivity index (χ1) is 10.1. The van der Waals surface area contributed by atoms with Gasteiger partial charge < -0.3 is 25.5 Å². The summed E-state index contributed by atoms with van der Waals surface area (Å²) in [6.45, 7) is -0.182. The standard InChI is InChI=1S/C13H14N4O4/c18-12(19)7-21-11-4-2-1-3-10(11)17-13(20)15-6-9-5-14-8-16-9/h1-5,8H,6-7H2,(H,14,16)(H,18,19)(H2,15,17,20). The summed E-state index contributed by atoms with van der Waals surface area (Å²) in [4.78, 5) is 29.0. The summed E-state index contributed by atoms with van der Waals surface area (Å²) in [6, 6.07) is 6.15. The molecule has 0 spiro atoms. The lowest BCUT2D eigenvalue weighted by Gasteiger charge is -2.11. The number of nitrogens with zero attached hydrogens (tertiary/aromatic N) is 1. The van der Waals surface area contributed by atoms with E-state index in [2.05, 4.69) is 20.6 Å². The van der Waals surface area contributed by atoms with Crippen molar-refractivity contribution in [3.63, 3.8) is 0 Å². The van der Waals surface area contributed by atoms with Gasteiger partial charge in [-0.25, -0.2) is 14.6 Å². The van der Waals surface area contributed by atoms with Gasteiger partial charge in [-0.15, -0.1) is 0 Å². The molecule has 1 heterocycles. The maximum atomic E-state index is 11.8. The molecule has 1 aromatic heterocycles. The van der Waals surface area contributed by atoms with Gasteiger partial charge in [-0.2, -0.15) is 0 Å². The van der Waals surface area contributed by atoms with Gasteiger partial charge in [0.05, 0.1) is 24.3 Å². The smallest absolute Gasteiger partial charge is 0.341 e. The summed E-state index contributed by atoms with van der Waals surface area (Å²) in [5, 5.41) is 13.8. The number of benzene rings is 1. The van der Waals surface area contributed by atoms with Gasteiger partial charge in [0.25, 0.3) is 0 Å². The number of carbonyl (C=O) groups is 2. The zero-order chi connectivity index (χ0) is 15.1. The van der Waals surface area contributed by atoms with Crippen LogP contribution in [0.2, 0.25) is 0 Å². The Morgan fingerprint density at radius 2 is 2.14 bits per heavy atom. The first kappa shape index (κ1) is 14.4. The van der Waals surface area contributed by atoms with Crippen molar-refractivity contribution in [1.29, 1.82) is 0 Å². The van der Waals surface area contributed by atoms with Gasteiger partial charge in [0.1, 0.15) is 5.75 Å². The van der Waals surface area contributed by atoms with Crippen molar-refractivity contribution < 1.29 is 19.4 Å². The number of amides is 2. The molecule has 0 aliphatic rings. The minimum atomic E-state index is -1.09. The van der Waals surface area contributed by atoms with Crippen molar-refractivity contribution in [2.24, 2.45) is 0 Å². The minimum absolute atomic E-state index is 0.289. The van der Waals surface area contributed by atoms with Crippen LogP contribution in [0.1, 0.15) is 5.69 Å². The summed E-state index contributed by atoms with van der Waals surface area (Å²) in [5.41, 5.74) is 1.15. The monoisotopic (exact) mass is 290 g/mol. The number of ether oxygens (including phenoxy) is 1. The van der Waals surface area contributed by atoms with Crippen LogP contribution in [0.5, 0.6) is 5.75 Å². The number of para-hydroxylation sites is 2. The largest absolute Gasteiger partial charge is 0.480 e. The van der Waals surface area contributed by atoms with E-state index in [0.29, 0.717) is 12.2 Å². The van der Waals surface area contributed by atoms with Crippen molar-refractivity contribution in [2.45, 2.75) is 6.54 Å². The molecule has 2 aromatic rings. The Labute approximate surface area is 120 Å². The predicted molar refractivity (Wildman–Crippen MR) is 74.0 cm³/mol. The average molecular weight is 290 g/mol. The zero-order valence-corrected chi connectivity index (χ0v) is 11.0. The summed E-state index contributed by atoms with van der Waals surface area (Å²) >= 11 is 0. The third-order valence-electron chi connectivity index (χ3n) is 2.48. The fourth-order valence-electron chi connectivity index (χ4n) is 1.56. The maximum Gasteiger partial charge on any atom is 0.341 e. The van der Waals surface area contributed by atoms with E-state index >= 15 is 0 Å². The van der Waals surface area contributed by atoms with Gasteiger partial charge in [-0.1, -0.05) is 12.1 Å². The predicted octanol–water partition coefficient (Wildman–Crippen LogP) is 1.19. The second-order valence-corrected chi connectivity index (χ2v) is 4.06. The number of urea groups is 1. The summed E-state index contributed by atoms with van der Waals surface area (Å²) in [7, 11) is 0. The van der Waals surface area contributed by atoms with Gasteiger partial charge in [0.2, 0.25) is 0 Å². The lowest BCUT2D eigenvalue weighted by atomic mass is 10.3. The van der Waals surface area contributed by atoms with Crippen LogP contribution >= 0.6 is 0 Å². The quantitative estimate of drug-likeness (QED) is 0.637. The third kappa shape index (κ3) is 4.53. The van der Waals surface area contributed by atoms with E-state index in [1.165, 1.54) is 6.33 Å². The van der Waals surface area contributed by atoms with Crippen LogP contribution in [-0.4, -0.2) is 33.7 Å². The van der Waals surface area contributed by atoms with E-state index in [9.17, 15) is 9.59 Å². The molecule has 0 saturated carbocycles. The number of aromatic nitrogens is 2. The molecule has 0 saturated heterocycles. The number of carboxylic acids is 1. The fourth-order valence-corrected chi connectivity index (χ4v) is 1.56. The van der Waals surface area contributed by atoms with Crippen molar-refractivity contribution in [1.82, 2.24) is 15.3 Å². The van der Waals surface area contributed by atoms with Crippen molar-refractivity contribution in [2.75, 3.05) is 11.9 Å². The number of hydrogen-bond acceptors (Lipinski definition) is 4. The number of anilines is 1. The Hall–Kier alpha value is -3.03. The first-order valence-electron chi connectivity index (χ1n) is 6.11. The van der Waals surface area contributed by atoms with Crippen molar-refractivity contribution in [3.05, 3.63) is 42.5 Å². The number of aliphatic carboxylic acids is 1. The van der Waals surface area contributed by atoms with E-state index in [4.69, 9.17) is 9.84 Å². The molecule has 0 fully saturated rings. The van der Waals surface area contributed by atoms with Crippen LogP contribution in [0, 0.1) is 0 Å². The molecule has 0 bridgehead atoms. The lowest BCUT2D eigenvalue weighted by Crippen LogP contribution is -2.28. The highest BCUT2D eigenvalue weighted by Gasteiger charge is 2.08. The number of carbonyl (C=O) groups excluding carboxylic acids is 1. The van der Waals surface area contributed by atoms with Crippen molar-refractivity contribution in [3.8, 4) is 5.75 Å². The fraction of sp³-hybridized carbons (Fsp3) is 0.154. The topological polar surface area (TPSA) is 116 Å². The summed E-state index contributed by atoms with van der Waals surface area (Å²) < 4.78 is 5.09. The van der Waals surface area contributed by atoms with Crippen LogP contribution < -0.4 is 15.4 Å². The molecule has 2 rings (SSSR count). The normalized spacial score (nSPS) is 9.90. The number of aromatic amines is 1. The van der Waals surface area contributed by atoms with Gasteiger partial charge in [-0.05, 0) is 12.1 Å². The molecular formula is C13H14N4O4. The van der Waals surface area contributed by atoms with Gasteiger partial charge in [0.15, 0.2) is 6.61 Å². The molecule has 4 N–H and O–H groups in total. The summed E-state index contributed by atoms with van der Waals surface area (Å²) in [6.07, 6.45) is 3.12. The Bertz CT molecular complexity index is 612. The van der Waals surface area contributed by atoms with Crippen LogP contribution in [0.15, 0.2) is 36.8 Å². The highest BCUT2D eigenvalue weighted by atomic mass is 16.5. The van der Waals surface area contributed by atoms with Crippen LogP contribution in [0.25, 0.3) is 0 Å². The van der Waals surface area contributed by atoms with Crippen molar-refractivity contribution >= 4 is 17.7 Å². The third-order valence-corrected chi connectivity index (χ3v) is 2.48. The second-order valence-electron chi connectivity index (χ2n) is 4.06. The molecule has 0 unspecified atom stereocenters. The summed E-state index contributed by atoms with van der Waals surface area (Å²) in [5.74, 6) is -0.801. The molecule has 2 amide bonds. The number of H-pyrrole nitrogens is 1. The number of carboxylic acid groups (broad SMARTS) is 1. The lowest BCUT2D eigenvalue weighted by molar-refractivity contribution is -0.139. The first-order valence-corrected chi connectivity index (χ1v) is 6.11. The van der Waals surface area contributed by atoms with Crippen LogP contribution in [-0.2, 0) is 11.3 Å². The number of imidazole rings is 1. The van der Waals surface area contributed by atoms with Gasteiger partial charge in [-0.3, -0.25) is 0 Å². The molecule has 1 aromatic carbocycles. The molecule has 8 heteroatoms. The number of hydrogen-bond donors (Lipinski definition) is 4. The SMILES string of the molecule is O=C(O)COc1ccccc1NC(=O)NCc1cnc[nH]1. The van der Waals surface area contributed by atoms with E-state index < -0.39 is 18.6 Å². The highest BCUT2D eigenvalue weighted by molar-refractivity contribution is 5.90. The van der Waals surface area contributed by atoms with E-state index in [-0.39, 0.29) is 5.75 Å². The molecule has 0 atom stereocenters. The Kier molecular flexibility index (Phi) is 4.75. The van der Waals surface area contributed by atoms with Gasteiger partial charge >= 0.3 is 12.0 Å². The maximum absolute atomic E-state index is 11.8. The number of rotatable bonds is 6. The highest BCUT2D eigenvalue weighted by Crippen LogP contribution is 2.23. The molecule has 110 valence electrons. The molecule has 0 radical (unpaired) electrons. The average Bonchev–Trinajstić information content (AvgIpc) is 2.97. The van der Waals surface area contributed by atoms with Crippen LogP contribution in [0.4, 0.5) is 10.5 Å². The van der Waals surface area contributed by atoms with Crippen LogP contribution in [0.3, 0.4) is 0 Å².